The lowest BCUT2D eigenvalue weighted by Crippen LogP contribution is -2.42. The average Bonchev–Trinajstić information content (AvgIpc) is 2.44. The van der Waals surface area contributed by atoms with Gasteiger partial charge in [-0.3, -0.25) is 0 Å². The summed E-state index contributed by atoms with van der Waals surface area (Å²) in [6.45, 7) is 1.97. The third-order valence-electron chi connectivity index (χ3n) is 2.17. The molecular weight excluding hydrogens is 172 g/mol. The minimum atomic E-state index is -0.172. The Morgan fingerprint density at radius 3 is 2.92 bits per heavy atom. The number of nitrogens with one attached hydrogen (secondary N) is 1. The largest absolute Gasteiger partial charge is 0.391 e. The van der Waals surface area contributed by atoms with Gasteiger partial charge in [-0.15, -0.1) is 11.3 Å². The van der Waals surface area contributed by atoms with Crippen molar-refractivity contribution in [2.24, 2.45) is 0 Å². The molecule has 0 spiro atoms. The Balaban J connectivity index is 1.95. The molecule has 0 saturated heterocycles. The maximum atomic E-state index is 9.29. The zero-order valence-corrected chi connectivity index (χ0v) is 7.77. The Hall–Kier alpha value is -0.610. The van der Waals surface area contributed by atoms with E-state index in [0.29, 0.717) is 0 Å². The lowest BCUT2D eigenvalue weighted by Gasteiger charge is -2.32. The second-order valence-electron chi connectivity index (χ2n) is 3.19. The Kier molecular flexibility index (Phi) is 2.02. The summed E-state index contributed by atoms with van der Waals surface area (Å²) in [7, 11) is 0. The summed E-state index contributed by atoms with van der Waals surface area (Å²) < 4.78 is 0. The Morgan fingerprint density at radius 2 is 2.50 bits per heavy atom. The molecule has 66 valence electrons. The molecule has 2 rings (SSSR count). The van der Waals surface area contributed by atoms with E-state index in [4.69, 9.17) is 0 Å². The van der Waals surface area contributed by atoms with E-state index in [9.17, 15) is 5.11 Å². The van der Waals surface area contributed by atoms with Gasteiger partial charge in [0.25, 0.3) is 0 Å². The van der Waals surface area contributed by atoms with Gasteiger partial charge in [0.1, 0.15) is 0 Å². The van der Waals surface area contributed by atoms with E-state index in [-0.39, 0.29) is 12.1 Å². The van der Waals surface area contributed by atoms with Crippen molar-refractivity contribution in [3.05, 3.63) is 11.1 Å². The van der Waals surface area contributed by atoms with Gasteiger partial charge in [0.2, 0.25) is 0 Å². The monoisotopic (exact) mass is 184 g/mol. The highest BCUT2D eigenvalue weighted by molar-refractivity contribution is 7.13. The number of aromatic nitrogens is 1. The molecule has 1 saturated carbocycles. The standard InChI is InChI=1S/C8H12N2OS/c1-5-4-12-8(9-5)10-6-2-3-7(6)11/h4,6-7,11H,2-3H2,1H3,(H,9,10). The number of aliphatic hydroxyl groups excluding tert-OH is 1. The second kappa shape index (κ2) is 3.03. The zero-order chi connectivity index (χ0) is 8.55. The van der Waals surface area contributed by atoms with E-state index in [0.717, 1.165) is 23.7 Å². The molecule has 2 unspecified atom stereocenters. The van der Waals surface area contributed by atoms with Gasteiger partial charge in [0.15, 0.2) is 5.13 Å². The summed E-state index contributed by atoms with van der Waals surface area (Å²) in [5.74, 6) is 0. The van der Waals surface area contributed by atoms with E-state index >= 15 is 0 Å². The molecule has 0 bridgehead atoms. The Bertz CT molecular complexity index is 274. The molecule has 2 atom stereocenters. The van der Waals surface area contributed by atoms with Crippen molar-refractivity contribution in [3.63, 3.8) is 0 Å². The van der Waals surface area contributed by atoms with Crippen molar-refractivity contribution in [3.8, 4) is 0 Å². The number of anilines is 1. The molecule has 1 fully saturated rings. The van der Waals surface area contributed by atoms with Crippen LogP contribution in [-0.2, 0) is 0 Å². The minimum Gasteiger partial charge on any atom is -0.391 e. The van der Waals surface area contributed by atoms with Crippen LogP contribution in [0.2, 0.25) is 0 Å². The summed E-state index contributed by atoms with van der Waals surface area (Å²) in [4.78, 5) is 4.26. The van der Waals surface area contributed by atoms with Crippen molar-refractivity contribution < 1.29 is 5.11 Å². The predicted octanol–water partition coefficient (Wildman–Crippen LogP) is 1.39. The number of aryl methyl sites for hydroxylation is 1. The van der Waals surface area contributed by atoms with Gasteiger partial charge in [-0.25, -0.2) is 4.98 Å². The third-order valence-corrected chi connectivity index (χ3v) is 3.06. The van der Waals surface area contributed by atoms with Crippen molar-refractivity contribution in [1.29, 1.82) is 0 Å². The quantitative estimate of drug-likeness (QED) is 0.730. The van der Waals surface area contributed by atoms with Crippen LogP contribution >= 0.6 is 11.3 Å². The number of hydrogen-bond acceptors (Lipinski definition) is 4. The summed E-state index contributed by atoms with van der Waals surface area (Å²) in [6.07, 6.45) is 1.80. The van der Waals surface area contributed by atoms with Crippen LogP contribution in [0.1, 0.15) is 18.5 Å². The number of rotatable bonds is 2. The number of thiazole rings is 1. The molecule has 0 radical (unpaired) electrons. The highest BCUT2D eigenvalue weighted by atomic mass is 32.1. The van der Waals surface area contributed by atoms with E-state index in [1.165, 1.54) is 0 Å². The highest BCUT2D eigenvalue weighted by Crippen LogP contribution is 2.25. The molecule has 0 aliphatic heterocycles. The van der Waals surface area contributed by atoms with Gasteiger partial charge in [0.05, 0.1) is 17.8 Å². The van der Waals surface area contributed by atoms with Crippen LogP contribution in [0.5, 0.6) is 0 Å². The van der Waals surface area contributed by atoms with Crippen LogP contribution in [0.25, 0.3) is 0 Å². The SMILES string of the molecule is Cc1csc(NC2CCC2O)n1. The molecule has 1 aliphatic rings. The lowest BCUT2D eigenvalue weighted by molar-refractivity contribution is 0.0786. The van der Waals surface area contributed by atoms with Crippen LogP contribution < -0.4 is 5.32 Å². The fourth-order valence-corrected chi connectivity index (χ4v) is 1.98. The average molecular weight is 184 g/mol. The highest BCUT2D eigenvalue weighted by Gasteiger charge is 2.28. The van der Waals surface area contributed by atoms with Gasteiger partial charge in [-0.05, 0) is 19.8 Å². The summed E-state index contributed by atoms with van der Waals surface area (Å²) >= 11 is 1.60. The predicted molar refractivity (Wildman–Crippen MR) is 49.5 cm³/mol. The van der Waals surface area contributed by atoms with E-state index in [1.54, 1.807) is 11.3 Å². The summed E-state index contributed by atoms with van der Waals surface area (Å²) in [5, 5.41) is 15.4. The Morgan fingerprint density at radius 1 is 1.67 bits per heavy atom. The fourth-order valence-electron chi connectivity index (χ4n) is 1.23. The molecule has 1 aromatic heterocycles. The second-order valence-corrected chi connectivity index (χ2v) is 4.05. The van der Waals surface area contributed by atoms with Crippen molar-refractivity contribution in [2.75, 3.05) is 5.32 Å². The van der Waals surface area contributed by atoms with E-state index in [1.807, 2.05) is 12.3 Å². The van der Waals surface area contributed by atoms with Gasteiger partial charge < -0.3 is 10.4 Å². The van der Waals surface area contributed by atoms with Crippen LogP contribution in [0, 0.1) is 6.92 Å². The molecular formula is C8H12N2OS. The first-order chi connectivity index (χ1) is 5.75. The van der Waals surface area contributed by atoms with Crippen molar-refractivity contribution >= 4 is 16.5 Å². The maximum Gasteiger partial charge on any atom is 0.183 e. The summed E-state index contributed by atoms with van der Waals surface area (Å²) in [6, 6.07) is 0.232. The lowest BCUT2D eigenvalue weighted by atomic mass is 9.89. The third kappa shape index (κ3) is 1.44. The zero-order valence-electron chi connectivity index (χ0n) is 6.95. The first-order valence-electron chi connectivity index (χ1n) is 4.12. The molecule has 0 aromatic carbocycles. The topological polar surface area (TPSA) is 45.1 Å². The molecule has 0 amide bonds. The van der Waals surface area contributed by atoms with Crippen molar-refractivity contribution in [2.45, 2.75) is 31.9 Å². The van der Waals surface area contributed by atoms with Gasteiger partial charge in [-0.1, -0.05) is 0 Å². The number of aliphatic hydroxyl groups is 1. The first kappa shape index (κ1) is 8.01. The molecule has 2 N–H and O–H groups in total. The maximum absolute atomic E-state index is 9.29. The molecule has 1 heterocycles. The normalized spacial score (nSPS) is 28.2. The van der Waals surface area contributed by atoms with E-state index < -0.39 is 0 Å². The molecule has 1 aliphatic carbocycles. The smallest absolute Gasteiger partial charge is 0.183 e. The molecule has 1 aromatic rings. The molecule has 4 heteroatoms. The van der Waals surface area contributed by atoms with Crippen LogP contribution in [0.15, 0.2) is 5.38 Å². The van der Waals surface area contributed by atoms with Gasteiger partial charge in [-0.2, -0.15) is 0 Å². The number of hydrogen-bond donors (Lipinski definition) is 2. The number of nitrogens with zero attached hydrogens (tertiary/aromatic N) is 1. The Labute approximate surface area is 75.5 Å². The first-order valence-corrected chi connectivity index (χ1v) is 5.00. The molecule has 12 heavy (non-hydrogen) atoms. The summed E-state index contributed by atoms with van der Waals surface area (Å²) in [5.41, 5.74) is 1.04. The van der Waals surface area contributed by atoms with Crippen LogP contribution in [0.3, 0.4) is 0 Å². The fraction of sp³-hybridized carbons (Fsp3) is 0.625. The molecule has 3 nitrogen and oxygen atoms in total. The van der Waals surface area contributed by atoms with E-state index in [2.05, 4.69) is 10.3 Å². The van der Waals surface area contributed by atoms with Crippen LogP contribution in [-0.4, -0.2) is 22.2 Å². The van der Waals surface area contributed by atoms with Crippen molar-refractivity contribution in [1.82, 2.24) is 4.98 Å². The minimum absolute atomic E-state index is 0.172. The van der Waals surface area contributed by atoms with Crippen LogP contribution in [0.4, 0.5) is 5.13 Å². The van der Waals surface area contributed by atoms with Gasteiger partial charge in [0, 0.05) is 5.38 Å². The van der Waals surface area contributed by atoms with Gasteiger partial charge >= 0.3 is 0 Å².